The third-order valence-corrected chi connectivity index (χ3v) is 22.2. The van der Waals surface area contributed by atoms with Gasteiger partial charge in [-0.05, 0) is 229 Å². The molecule has 12 nitrogen and oxygen atoms in total. The molecule has 0 radical (unpaired) electrons. The molecule has 11 aromatic rings. The van der Waals surface area contributed by atoms with Crippen molar-refractivity contribution in [3.05, 3.63) is 273 Å². The summed E-state index contributed by atoms with van der Waals surface area (Å²) < 4.78 is 39.2. The molecule has 102 heavy (non-hydrogen) atoms. The lowest BCUT2D eigenvalue weighted by molar-refractivity contribution is -0.138. The Kier molecular flexibility index (Phi) is 16.1. The predicted octanol–water partition coefficient (Wildman–Crippen LogP) is 18.9. The summed E-state index contributed by atoms with van der Waals surface area (Å²) in [5.41, 5.74) is 14.8. The van der Waals surface area contributed by atoms with Gasteiger partial charge in [-0.2, -0.15) is 0 Å². The van der Waals surface area contributed by atoms with E-state index in [9.17, 15) is 28.8 Å². The predicted molar refractivity (Wildman–Crippen MR) is 390 cm³/mol. The largest absolute Gasteiger partial charge is 0.422 e. The normalized spacial score (nSPS) is 23.2. The molecule has 6 aliphatic rings. The quantitative estimate of drug-likeness (QED) is 0.0429. The topological polar surface area (TPSA) is 158 Å². The van der Waals surface area contributed by atoms with Gasteiger partial charge in [0.05, 0.1) is 35.5 Å². The van der Waals surface area contributed by atoms with E-state index >= 15 is 0 Å². The lowest BCUT2D eigenvalue weighted by atomic mass is 9.93. The Balaban J connectivity index is 0.816. The number of esters is 6. The number of aryl methyl sites for hydroxylation is 6. The minimum atomic E-state index is -0.526. The standard InChI is InChI=1S/C90H76O12/c1-47-7-19-53(20-8-47)54-31-33-60(34-32-54)66-40-78(66)90(96)102-84-46-72-70-44-82(100-88(94)76-38-64(76)58-27-15-51(5)16-28-58)80(98-86(92)74-36-62(74)56-23-11-49(3)12-24-56)42-68(70)67-41-79(97-85(91)73-35-61(73)55-21-9-48(2)10-22-55)81(99-87(93)75-37-63(75)57-25-13-50(4)14-26-57)43-69(67)71(72)45-83(84)101-89(95)77-39-65(77)59-29-17-52(6)18-30-59/h7-34,41-46,61-66,73-78H,35-40H2,1-6H3. The van der Waals surface area contributed by atoms with Gasteiger partial charge in [0.1, 0.15) is 0 Å². The number of carbonyl (C=O) groups is 6. The Bertz CT molecular complexity index is 5120. The number of carbonyl (C=O) groups excluding carboxylic acids is 6. The van der Waals surface area contributed by atoms with Gasteiger partial charge in [0.15, 0.2) is 34.5 Å². The van der Waals surface area contributed by atoms with Crippen LogP contribution in [0.2, 0.25) is 0 Å². The lowest BCUT2D eigenvalue weighted by Gasteiger charge is -2.19. The maximum atomic E-state index is 14.9. The zero-order valence-corrected chi connectivity index (χ0v) is 57.7. The molecule has 0 aliphatic heterocycles. The Hall–Kier alpha value is -11.0. The molecule has 6 saturated carbocycles. The van der Waals surface area contributed by atoms with E-state index in [4.69, 9.17) is 28.4 Å². The van der Waals surface area contributed by atoms with Crippen LogP contribution in [0.5, 0.6) is 34.5 Å². The van der Waals surface area contributed by atoms with Gasteiger partial charge in [-0.15, -0.1) is 0 Å². The van der Waals surface area contributed by atoms with Gasteiger partial charge in [-0.25, -0.2) is 0 Å². The van der Waals surface area contributed by atoms with E-state index in [1.807, 2.05) is 156 Å². The summed E-state index contributed by atoms with van der Waals surface area (Å²) in [5.74, 6) is -6.82. The number of hydrogen-bond acceptors (Lipinski definition) is 12. The molecule has 0 amide bonds. The molecule has 0 saturated heterocycles. The number of fused-ring (bicyclic) bond motifs is 6. The highest BCUT2D eigenvalue weighted by Gasteiger charge is 2.51. The van der Waals surface area contributed by atoms with Gasteiger partial charge in [0.2, 0.25) is 0 Å². The Morgan fingerprint density at radius 3 is 0.520 bits per heavy atom. The first-order chi connectivity index (χ1) is 49.4. The first kappa shape index (κ1) is 64.4. The lowest BCUT2D eigenvalue weighted by Crippen LogP contribution is -2.16. The van der Waals surface area contributed by atoms with Crippen molar-refractivity contribution in [1.82, 2.24) is 0 Å². The van der Waals surface area contributed by atoms with Gasteiger partial charge in [-0.1, -0.05) is 203 Å². The fourth-order valence-corrected chi connectivity index (χ4v) is 15.3. The van der Waals surface area contributed by atoms with Crippen molar-refractivity contribution in [2.75, 3.05) is 0 Å². The molecule has 0 spiro atoms. The summed E-state index contributed by atoms with van der Waals surface area (Å²) in [5, 5.41) is 2.71. The molecule has 6 fully saturated rings. The highest BCUT2D eigenvalue weighted by atomic mass is 16.6. The number of rotatable bonds is 19. The van der Waals surface area contributed by atoms with Gasteiger partial charge < -0.3 is 28.4 Å². The number of benzene rings is 11. The maximum absolute atomic E-state index is 14.9. The highest BCUT2D eigenvalue weighted by Crippen LogP contribution is 2.57. The summed E-state index contributed by atoms with van der Waals surface area (Å²) in [7, 11) is 0. The molecule has 17 rings (SSSR count). The van der Waals surface area contributed by atoms with Gasteiger partial charge in [0, 0.05) is 0 Å². The van der Waals surface area contributed by atoms with Crippen LogP contribution in [0.3, 0.4) is 0 Å². The van der Waals surface area contributed by atoms with Crippen LogP contribution in [0.4, 0.5) is 0 Å². The first-order valence-corrected chi connectivity index (χ1v) is 35.8. The van der Waals surface area contributed by atoms with Crippen LogP contribution in [-0.2, 0) is 28.8 Å². The van der Waals surface area contributed by atoms with E-state index in [0.29, 0.717) is 70.8 Å². The first-order valence-electron chi connectivity index (χ1n) is 35.8. The van der Waals surface area contributed by atoms with Crippen molar-refractivity contribution < 1.29 is 57.2 Å². The third-order valence-electron chi connectivity index (χ3n) is 22.2. The smallest absolute Gasteiger partial charge is 0.315 e. The highest BCUT2D eigenvalue weighted by molar-refractivity contribution is 6.27. The van der Waals surface area contributed by atoms with Crippen molar-refractivity contribution in [3.63, 3.8) is 0 Å². The van der Waals surface area contributed by atoms with Crippen molar-refractivity contribution in [3.8, 4) is 45.6 Å². The van der Waals surface area contributed by atoms with E-state index in [2.05, 4.69) is 55.5 Å². The average Bonchev–Trinajstić information content (AvgIpc) is 0.927. The Morgan fingerprint density at radius 1 is 0.216 bits per heavy atom. The molecule has 0 bridgehead atoms. The SMILES string of the molecule is Cc1ccc(-c2ccc(C3CC3C(=O)Oc3cc4c5cc(OC(=O)C6CC6c6ccc(C)cc6)c(OC(=O)C6CC6c6ccc(C)cc6)cc5c5cc(OC(=O)C6CC6c6ccc(C)cc6)c(OC(=O)C6CC6c6ccc(C)cc6)cc5c4cc3OC(=O)C3CC3c3ccc(C)cc3)cc2)cc1. The summed E-state index contributed by atoms with van der Waals surface area (Å²) in [6, 6.07) is 67.2. The summed E-state index contributed by atoms with van der Waals surface area (Å²) >= 11 is 0. The van der Waals surface area contributed by atoms with E-state index in [1.165, 1.54) is 5.56 Å². The van der Waals surface area contributed by atoms with E-state index in [0.717, 1.165) is 72.3 Å². The van der Waals surface area contributed by atoms with Crippen LogP contribution >= 0.6 is 0 Å². The second kappa shape index (κ2) is 25.6. The van der Waals surface area contributed by atoms with Gasteiger partial charge in [-0.3, -0.25) is 28.8 Å². The van der Waals surface area contributed by atoms with Crippen LogP contribution in [0.25, 0.3) is 43.4 Å². The Morgan fingerprint density at radius 2 is 0.353 bits per heavy atom. The van der Waals surface area contributed by atoms with Crippen molar-refractivity contribution in [1.29, 1.82) is 0 Å². The summed E-state index contributed by atoms with van der Waals surface area (Å²) in [6.45, 7) is 12.1. The van der Waals surface area contributed by atoms with Crippen LogP contribution in [0, 0.1) is 77.0 Å². The van der Waals surface area contributed by atoms with Crippen molar-refractivity contribution in [2.24, 2.45) is 35.5 Å². The zero-order valence-electron chi connectivity index (χ0n) is 57.7. The monoisotopic (exact) mass is 1350 g/mol. The summed E-state index contributed by atoms with van der Waals surface area (Å²) in [4.78, 5) is 88.7. The molecular formula is C90H76O12. The molecule has 12 atom stereocenters. The van der Waals surface area contributed by atoms with Crippen LogP contribution in [-0.4, -0.2) is 35.8 Å². The second-order valence-corrected chi connectivity index (χ2v) is 29.8. The molecular weight excluding hydrogens is 1270 g/mol. The van der Waals surface area contributed by atoms with Gasteiger partial charge in [0.25, 0.3) is 0 Å². The molecule has 0 N–H and O–H groups in total. The van der Waals surface area contributed by atoms with E-state index in [1.54, 1.807) is 36.4 Å². The maximum Gasteiger partial charge on any atom is 0.315 e. The minimum Gasteiger partial charge on any atom is -0.422 e. The number of ether oxygens (including phenoxy) is 6. The second-order valence-electron chi connectivity index (χ2n) is 29.8. The zero-order chi connectivity index (χ0) is 69.9. The molecule has 0 heterocycles. The van der Waals surface area contributed by atoms with Gasteiger partial charge >= 0.3 is 35.8 Å². The van der Waals surface area contributed by atoms with Crippen molar-refractivity contribution >= 4 is 68.1 Å². The fraction of sp³-hybridized carbons (Fsp3) is 0.267. The summed E-state index contributed by atoms with van der Waals surface area (Å²) in [6.07, 6.45) is 3.29. The van der Waals surface area contributed by atoms with Crippen molar-refractivity contribution in [2.45, 2.75) is 116 Å². The fourth-order valence-electron chi connectivity index (χ4n) is 15.3. The van der Waals surface area contributed by atoms with Crippen LogP contribution < -0.4 is 28.4 Å². The van der Waals surface area contributed by atoms with Crippen LogP contribution in [0.15, 0.2) is 206 Å². The Labute approximate surface area is 591 Å². The van der Waals surface area contributed by atoms with Crippen LogP contribution in [0.1, 0.15) is 141 Å². The minimum absolute atomic E-state index is 0.0238. The third kappa shape index (κ3) is 12.9. The molecule has 508 valence electrons. The molecule has 11 aromatic carbocycles. The molecule has 12 unspecified atom stereocenters. The van der Waals surface area contributed by atoms with E-state index < -0.39 is 71.3 Å². The molecule has 6 aliphatic carbocycles. The average molecular weight is 1350 g/mol. The van der Waals surface area contributed by atoms with E-state index in [-0.39, 0.29) is 70.0 Å². The number of hydrogen-bond donors (Lipinski definition) is 0. The molecule has 12 heteroatoms. The molecule has 0 aromatic heterocycles.